The Balaban J connectivity index is 1.51. The minimum atomic E-state index is -0.558. The lowest BCUT2D eigenvalue weighted by molar-refractivity contribution is 0.175. The van der Waals surface area contributed by atoms with Crippen molar-refractivity contribution in [1.82, 2.24) is 15.5 Å². The van der Waals surface area contributed by atoms with Crippen LogP contribution >= 0.6 is 11.6 Å². The maximum absolute atomic E-state index is 10.1. The monoisotopic (exact) mass is 315 g/mol. The third-order valence-electron chi connectivity index (χ3n) is 3.66. The molecule has 0 aliphatic carbocycles. The Bertz CT molecular complexity index is 756. The van der Waals surface area contributed by atoms with E-state index in [1.54, 1.807) is 12.1 Å². The maximum atomic E-state index is 10.1. The third kappa shape index (κ3) is 3.47. The summed E-state index contributed by atoms with van der Waals surface area (Å²) >= 11 is 5.93. The second kappa shape index (κ2) is 6.92. The Morgan fingerprint density at radius 3 is 2.91 bits per heavy atom. The average molecular weight is 316 g/mol. The van der Waals surface area contributed by atoms with Gasteiger partial charge in [0.25, 0.3) is 0 Å². The van der Waals surface area contributed by atoms with Crippen molar-refractivity contribution in [2.75, 3.05) is 13.1 Å². The molecule has 3 rings (SSSR count). The highest BCUT2D eigenvalue weighted by Gasteiger charge is 2.08. The molecule has 0 amide bonds. The largest absolute Gasteiger partial charge is 0.387 e. The molecule has 0 bridgehead atoms. The predicted molar refractivity (Wildman–Crippen MR) is 89.1 cm³/mol. The number of rotatable bonds is 6. The molecule has 1 unspecified atom stereocenters. The fraction of sp³-hybridized carbons (Fsp3) is 0.235. The Morgan fingerprint density at radius 2 is 2.05 bits per heavy atom. The smallest absolute Gasteiger partial charge is 0.0923 e. The number of benzene rings is 2. The van der Waals surface area contributed by atoms with Gasteiger partial charge in [-0.2, -0.15) is 5.10 Å². The Kier molecular flexibility index (Phi) is 4.73. The molecule has 1 aromatic heterocycles. The number of aromatic nitrogens is 2. The van der Waals surface area contributed by atoms with E-state index in [4.69, 9.17) is 11.6 Å². The summed E-state index contributed by atoms with van der Waals surface area (Å²) in [4.78, 5) is 0. The van der Waals surface area contributed by atoms with Gasteiger partial charge in [-0.05, 0) is 23.8 Å². The van der Waals surface area contributed by atoms with E-state index >= 15 is 0 Å². The van der Waals surface area contributed by atoms with Crippen LogP contribution in [0.25, 0.3) is 10.9 Å². The first-order valence-electron chi connectivity index (χ1n) is 7.30. The number of aliphatic hydroxyl groups is 1. The molecular weight excluding hydrogens is 298 g/mol. The van der Waals surface area contributed by atoms with Crippen LogP contribution in [-0.2, 0) is 6.42 Å². The Hall–Kier alpha value is -1.88. The van der Waals surface area contributed by atoms with Crippen molar-refractivity contribution in [3.8, 4) is 0 Å². The molecule has 4 nitrogen and oxygen atoms in total. The van der Waals surface area contributed by atoms with Gasteiger partial charge in [0, 0.05) is 35.6 Å². The van der Waals surface area contributed by atoms with Gasteiger partial charge >= 0.3 is 0 Å². The number of halogens is 1. The lowest BCUT2D eigenvalue weighted by Crippen LogP contribution is -2.23. The lowest BCUT2D eigenvalue weighted by Gasteiger charge is -2.12. The molecule has 5 heteroatoms. The molecule has 3 N–H and O–H groups in total. The first kappa shape index (κ1) is 15.0. The van der Waals surface area contributed by atoms with E-state index in [9.17, 15) is 5.11 Å². The van der Waals surface area contributed by atoms with Crippen LogP contribution in [0.15, 0.2) is 48.5 Å². The summed E-state index contributed by atoms with van der Waals surface area (Å²) in [6.45, 7) is 1.26. The topological polar surface area (TPSA) is 60.9 Å². The molecule has 0 aliphatic rings. The van der Waals surface area contributed by atoms with E-state index < -0.39 is 6.10 Å². The van der Waals surface area contributed by atoms with E-state index in [0.29, 0.717) is 11.6 Å². The van der Waals surface area contributed by atoms with Crippen LogP contribution < -0.4 is 5.32 Å². The lowest BCUT2D eigenvalue weighted by atomic mass is 10.1. The van der Waals surface area contributed by atoms with Crippen LogP contribution in [0.4, 0.5) is 0 Å². The van der Waals surface area contributed by atoms with Crippen molar-refractivity contribution in [1.29, 1.82) is 0 Å². The molecule has 0 saturated heterocycles. The summed E-state index contributed by atoms with van der Waals surface area (Å²) in [7, 11) is 0. The standard InChI is InChI=1S/C17H18ClN3O/c18-13-5-3-4-12(10-13)17(22)11-19-9-8-16-14-6-1-2-7-15(14)20-21-16/h1-7,10,17,19,22H,8-9,11H2,(H,20,21). The highest BCUT2D eigenvalue weighted by atomic mass is 35.5. The third-order valence-corrected chi connectivity index (χ3v) is 3.90. The molecule has 3 aromatic rings. The van der Waals surface area contributed by atoms with Crippen LogP contribution in [-0.4, -0.2) is 28.4 Å². The number of nitrogens with zero attached hydrogens (tertiary/aromatic N) is 1. The van der Waals surface area contributed by atoms with E-state index in [1.807, 2.05) is 30.3 Å². The van der Waals surface area contributed by atoms with Gasteiger partial charge in [-0.15, -0.1) is 0 Å². The predicted octanol–water partition coefficient (Wildman–Crippen LogP) is 3.08. The number of nitrogens with one attached hydrogen (secondary N) is 2. The van der Waals surface area contributed by atoms with Crippen molar-refractivity contribution >= 4 is 22.5 Å². The van der Waals surface area contributed by atoms with Crippen LogP contribution in [0.1, 0.15) is 17.4 Å². The number of fused-ring (bicyclic) bond motifs is 1. The molecule has 1 atom stereocenters. The van der Waals surface area contributed by atoms with Crippen molar-refractivity contribution in [2.45, 2.75) is 12.5 Å². The van der Waals surface area contributed by atoms with E-state index in [1.165, 1.54) is 0 Å². The molecule has 0 radical (unpaired) electrons. The van der Waals surface area contributed by atoms with Crippen LogP contribution in [0.5, 0.6) is 0 Å². The van der Waals surface area contributed by atoms with Crippen molar-refractivity contribution < 1.29 is 5.11 Å². The van der Waals surface area contributed by atoms with E-state index in [-0.39, 0.29) is 0 Å². The summed E-state index contributed by atoms with van der Waals surface area (Å²) < 4.78 is 0. The van der Waals surface area contributed by atoms with Crippen LogP contribution in [0.3, 0.4) is 0 Å². The highest BCUT2D eigenvalue weighted by molar-refractivity contribution is 6.30. The van der Waals surface area contributed by atoms with Gasteiger partial charge < -0.3 is 10.4 Å². The van der Waals surface area contributed by atoms with E-state index in [0.717, 1.165) is 35.1 Å². The molecule has 0 spiro atoms. The molecule has 0 fully saturated rings. The van der Waals surface area contributed by atoms with Crippen molar-refractivity contribution in [3.63, 3.8) is 0 Å². The summed E-state index contributed by atoms with van der Waals surface area (Å²) in [6, 6.07) is 15.4. The molecular formula is C17H18ClN3O. The van der Waals surface area contributed by atoms with Gasteiger partial charge in [-0.3, -0.25) is 5.10 Å². The number of aliphatic hydroxyl groups excluding tert-OH is 1. The first-order valence-corrected chi connectivity index (χ1v) is 7.68. The number of H-pyrrole nitrogens is 1. The quantitative estimate of drug-likeness (QED) is 0.613. The fourth-order valence-corrected chi connectivity index (χ4v) is 2.69. The van der Waals surface area contributed by atoms with Gasteiger partial charge in [0.1, 0.15) is 0 Å². The summed E-state index contributed by atoms with van der Waals surface area (Å²) in [5, 5.41) is 22.5. The van der Waals surface area contributed by atoms with Gasteiger partial charge in [0.15, 0.2) is 0 Å². The summed E-state index contributed by atoms with van der Waals surface area (Å²) in [5.74, 6) is 0. The molecule has 114 valence electrons. The zero-order valence-corrected chi connectivity index (χ0v) is 12.8. The molecule has 1 heterocycles. The van der Waals surface area contributed by atoms with E-state index in [2.05, 4.69) is 21.6 Å². The molecule has 0 aliphatic heterocycles. The van der Waals surface area contributed by atoms with Crippen molar-refractivity contribution in [2.24, 2.45) is 0 Å². The zero-order chi connectivity index (χ0) is 15.4. The Morgan fingerprint density at radius 1 is 1.18 bits per heavy atom. The normalized spacial score (nSPS) is 12.6. The minimum Gasteiger partial charge on any atom is -0.387 e. The SMILES string of the molecule is OC(CNCCc1[nH]nc2ccccc12)c1cccc(Cl)c1. The Labute approximate surface area is 134 Å². The maximum Gasteiger partial charge on any atom is 0.0923 e. The van der Waals surface area contributed by atoms with Crippen molar-refractivity contribution in [3.05, 3.63) is 64.8 Å². The van der Waals surface area contributed by atoms with Crippen LogP contribution in [0, 0.1) is 0 Å². The fourth-order valence-electron chi connectivity index (χ4n) is 2.49. The molecule has 22 heavy (non-hydrogen) atoms. The number of hydrogen-bond donors (Lipinski definition) is 3. The van der Waals surface area contributed by atoms with Gasteiger partial charge in [0.05, 0.1) is 11.6 Å². The number of para-hydroxylation sites is 1. The summed E-state index contributed by atoms with van der Waals surface area (Å²) in [5.41, 5.74) is 2.92. The van der Waals surface area contributed by atoms with Gasteiger partial charge in [-0.1, -0.05) is 41.9 Å². The molecule has 2 aromatic carbocycles. The van der Waals surface area contributed by atoms with Crippen LogP contribution in [0.2, 0.25) is 5.02 Å². The second-order valence-corrected chi connectivity index (χ2v) is 5.68. The van der Waals surface area contributed by atoms with Gasteiger partial charge in [0.2, 0.25) is 0 Å². The first-order chi connectivity index (χ1) is 10.7. The van der Waals surface area contributed by atoms with Gasteiger partial charge in [-0.25, -0.2) is 0 Å². The minimum absolute atomic E-state index is 0.492. The number of aromatic amines is 1. The summed E-state index contributed by atoms with van der Waals surface area (Å²) in [6.07, 6.45) is 0.278. The second-order valence-electron chi connectivity index (χ2n) is 5.24. The molecule has 0 saturated carbocycles. The number of hydrogen-bond acceptors (Lipinski definition) is 3. The highest BCUT2D eigenvalue weighted by Crippen LogP contribution is 2.17. The average Bonchev–Trinajstić information content (AvgIpc) is 2.95. The zero-order valence-electron chi connectivity index (χ0n) is 12.1.